The standard InChI is InChI=1S/C20H27N3O3S2/c1-3-23-19(25)17-14-7-6-12(2)9-15(14)28-18(17)22-20(23)27-11-16(24)21-10-13-5-4-8-26-13/h12-13H,3-11H2,1-2H3,(H,21,24)/t12-,13+/m1/s1. The number of hydrogen-bond donors (Lipinski definition) is 1. The van der Waals surface area contributed by atoms with Crippen molar-refractivity contribution in [3.05, 3.63) is 20.8 Å². The summed E-state index contributed by atoms with van der Waals surface area (Å²) >= 11 is 3.00. The van der Waals surface area contributed by atoms with Crippen molar-refractivity contribution in [2.24, 2.45) is 5.92 Å². The fraction of sp³-hybridized carbons (Fsp3) is 0.650. The van der Waals surface area contributed by atoms with Gasteiger partial charge in [0.1, 0.15) is 4.83 Å². The molecule has 0 saturated carbocycles. The molecule has 1 N–H and O–H groups in total. The zero-order chi connectivity index (χ0) is 19.7. The molecule has 1 saturated heterocycles. The maximum Gasteiger partial charge on any atom is 0.263 e. The quantitative estimate of drug-likeness (QED) is 0.573. The molecule has 1 fully saturated rings. The van der Waals surface area contributed by atoms with Crippen LogP contribution < -0.4 is 10.9 Å². The summed E-state index contributed by atoms with van der Waals surface area (Å²) in [7, 11) is 0. The molecule has 1 aliphatic carbocycles. The van der Waals surface area contributed by atoms with Crippen molar-refractivity contribution in [3.8, 4) is 0 Å². The van der Waals surface area contributed by atoms with E-state index in [1.807, 2.05) is 6.92 Å². The Morgan fingerprint density at radius 3 is 3.04 bits per heavy atom. The van der Waals surface area contributed by atoms with E-state index < -0.39 is 0 Å². The van der Waals surface area contributed by atoms with Crippen LogP contribution >= 0.6 is 23.1 Å². The molecule has 28 heavy (non-hydrogen) atoms. The Kier molecular flexibility index (Phi) is 6.08. The SMILES string of the molecule is CCn1c(SCC(=O)NC[C@@H]2CCCO2)nc2sc3c(c2c1=O)CC[C@@H](C)C3. The van der Waals surface area contributed by atoms with E-state index in [1.165, 1.54) is 22.2 Å². The maximum atomic E-state index is 13.1. The number of ether oxygens (including phenoxy) is 1. The highest BCUT2D eigenvalue weighted by atomic mass is 32.2. The summed E-state index contributed by atoms with van der Waals surface area (Å²) in [5.41, 5.74) is 1.26. The summed E-state index contributed by atoms with van der Waals surface area (Å²) in [6.07, 6.45) is 5.34. The van der Waals surface area contributed by atoms with Gasteiger partial charge in [0, 0.05) is 24.6 Å². The van der Waals surface area contributed by atoms with Crippen molar-refractivity contribution in [2.45, 2.75) is 63.8 Å². The van der Waals surface area contributed by atoms with Crippen molar-refractivity contribution in [1.82, 2.24) is 14.9 Å². The van der Waals surface area contributed by atoms with E-state index in [9.17, 15) is 9.59 Å². The Morgan fingerprint density at radius 2 is 2.29 bits per heavy atom. The van der Waals surface area contributed by atoms with Gasteiger partial charge in [0.05, 0.1) is 17.2 Å². The van der Waals surface area contributed by atoms with Crippen LogP contribution in [-0.2, 0) is 28.9 Å². The monoisotopic (exact) mass is 421 g/mol. The Morgan fingerprint density at radius 1 is 1.43 bits per heavy atom. The van der Waals surface area contributed by atoms with Gasteiger partial charge in [-0.3, -0.25) is 14.2 Å². The molecule has 2 aliphatic rings. The lowest BCUT2D eigenvalue weighted by atomic mass is 9.89. The molecule has 2 aromatic heterocycles. The molecule has 0 unspecified atom stereocenters. The molecule has 0 spiro atoms. The zero-order valence-corrected chi connectivity index (χ0v) is 18.1. The van der Waals surface area contributed by atoms with Gasteiger partial charge >= 0.3 is 0 Å². The van der Waals surface area contributed by atoms with E-state index >= 15 is 0 Å². The van der Waals surface area contributed by atoms with Crippen LogP contribution in [0, 0.1) is 5.92 Å². The number of nitrogens with zero attached hydrogens (tertiary/aromatic N) is 2. The molecule has 1 aliphatic heterocycles. The first kappa shape index (κ1) is 19.9. The van der Waals surface area contributed by atoms with Gasteiger partial charge in [0.2, 0.25) is 5.91 Å². The summed E-state index contributed by atoms with van der Waals surface area (Å²) in [5, 5.41) is 4.38. The van der Waals surface area contributed by atoms with Gasteiger partial charge in [-0.25, -0.2) is 4.98 Å². The van der Waals surface area contributed by atoms with Crippen molar-refractivity contribution in [2.75, 3.05) is 18.9 Å². The minimum Gasteiger partial charge on any atom is -0.376 e. The average Bonchev–Trinajstić information content (AvgIpc) is 3.31. The van der Waals surface area contributed by atoms with Crippen molar-refractivity contribution in [1.29, 1.82) is 0 Å². The molecule has 2 atom stereocenters. The first-order valence-corrected chi connectivity index (χ1v) is 11.9. The number of nitrogens with one attached hydrogen (secondary N) is 1. The largest absolute Gasteiger partial charge is 0.376 e. The van der Waals surface area contributed by atoms with Crippen LogP contribution in [0.15, 0.2) is 9.95 Å². The minimum absolute atomic E-state index is 0.0433. The number of hydrogen-bond acceptors (Lipinski definition) is 6. The second-order valence-electron chi connectivity index (χ2n) is 7.70. The molecule has 0 radical (unpaired) electrons. The molecule has 152 valence electrons. The number of fused-ring (bicyclic) bond motifs is 3. The van der Waals surface area contributed by atoms with Crippen molar-refractivity contribution >= 4 is 39.2 Å². The Hall–Kier alpha value is -1.38. The maximum absolute atomic E-state index is 13.1. The number of aromatic nitrogens is 2. The molecule has 3 heterocycles. The van der Waals surface area contributed by atoms with Crippen LogP contribution in [0.4, 0.5) is 0 Å². The Labute approximate surface area is 173 Å². The number of thioether (sulfide) groups is 1. The number of amides is 1. The minimum atomic E-state index is -0.0446. The lowest BCUT2D eigenvalue weighted by Crippen LogP contribution is -2.33. The van der Waals surface area contributed by atoms with E-state index in [0.29, 0.717) is 24.2 Å². The predicted molar refractivity (Wildman–Crippen MR) is 113 cm³/mol. The summed E-state index contributed by atoms with van der Waals surface area (Å²) in [4.78, 5) is 32.3. The number of carbonyl (C=O) groups excluding carboxylic acids is 1. The van der Waals surface area contributed by atoms with E-state index in [4.69, 9.17) is 9.72 Å². The molecule has 6 nitrogen and oxygen atoms in total. The van der Waals surface area contributed by atoms with Gasteiger partial charge in [0.25, 0.3) is 5.56 Å². The van der Waals surface area contributed by atoms with E-state index in [1.54, 1.807) is 15.9 Å². The summed E-state index contributed by atoms with van der Waals surface area (Å²) in [5.74, 6) is 0.874. The normalized spacial score (nSPS) is 21.8. The van der Waals surface area contributed by atoms with Gasteiger partial charge in [-0.15, -0.1) is 11.3 Å². The third kappa shape index (κ3) is 4.00. The van der Waals surface area contributed by atoms with Gasteiger partial charge in [-0.2, -0.15) is 0 Å². The van der Waals surface area contributed by atoms with E-state index in [0.717, 1.165) is 48.9 Å². The molecule has 4 rings (SSSR count). The first-order chi connectivity index (χ1) is 13.6. The van der Waals surface area contributed by atoms with Crippen LogP contribution in [0.2, 0.25) is 0 Å². The third-order valence-corrected chi connectivity index (χ3v) is 7.70. The van der Waals surface area contributed by atoms with Crippen LogP contribution in [0.1, 0.15) is 43.6 Å². The molecular weight excluding hydrogens is 394 g/mol. The van der Waals surface area contributed by atoms with E-state index in [-0.39, 0.29) is 23.3 Å². The van der Waals surface area contributed by atoms with Gasteiger partial charge in [0.15, 0.2) is 5.16 Å². The van der Waals surface area contributed by atoms with Crippen molar-refractivity contribution in [3.63, 3.8) is 0 Å². The second kappa shape index (κ2) is 8.55. The molecular formula is C20H27N3O3S2. The fourth-order valence-corrected chi connectivity index (χ4v) is 6.32. The molecule has 2 aromatic rings. The topological polar surface area (TPSA) is 73.2 Å². The highest BCUT2D eigenvalue weighted by Crippen LogP contribution is 2.36. The predicted octanol–water partition coefficient (Wildman–Crippen LogP) is 2.99. The third-order valence-electron chi connectivity index (χ3n) is 5.58. The highest BCUT2D eigenvalue weighted by molar-refractivity contribution is 7.99. The molecule has 8 heteroatoms. The number of rotatable bonds is 6. The summed E-state index contributed by atoms with van der Waals surface area (Å²) in [6.45, 7) is 6.12. The van der Waals surface area contributed by atoms with Crippen LogP contribution in [0.25, 0.3) is 10.2 Å². The summed E-state index contributed by atoms with van der Waals surface area (Å²) in [6, 6.07) is 0. The Balaban J connectivity index is 1.52. The van der Waals surface area contributed by atoms with Gasteiger partial charge < -0.3 is 10.1 Å². The van der Waals surface area contributed by atoms with Crippen LogP contribution in [-0.4, -0.2) is 40.5 Å². The lowest BCUT2D eigenvalue weighted by molar-refractivity contribution is -0.119. The fourth-order valence-electron chi connectivity index (χ4n) is 4.01. The first-order valence-electron chi connectivity index (χ1n) is 10.1. The number of carbonyl (C=O) groups is 1. The molecule has 0 aromatic carbocycles. The van der Waals surface area contributed by atoms with Crippen LogP contribution in [0.3, 0.4) is 0 Å². The van der Waals surface area contributed by atoms with Gasteiger partial charge in [-0.05, 0) is 50.5 Å². The number of aryl methyl sites for hydroxylation is 1. The number of thiophene rings is 1. The van der Waals surface area contributed by atoms with E-state index in [2.05, 4.69) is 12.2 Å². The summed E-state index contributed by atoms with van der Waals surface area (Å²) < 4.78 is 7.25. The lowest BCUT2D eigenvalue weighted by Gasteiger charge is -2.17. The molecule has 0 bridgehead atoms. The van der Waals surface area contributed by atoms with Crippen molar-refractivity contribution < 1.29 is 9.53 Å². The van der Waals surface area contributed by atoms with Gasteiger partial charge in [-0.1, -0.05) is 18.7 Å². The smallest absolute Gasteiger partial charge is 0.263 e. The van der Waals surface area contributed by atoms with Crippen LogP contribution in [0.5, 0.6) is 0 Å². The average molecular weight is 422 g/mol. The Bertz CT molecular complexity index is 931. The second-order valence-corrected chi connectivity index (χ2v) is 9.73. The zero-order valence-electron chi connectivity index (χ0n) is 16.5. The highest BCUT2D eigenvalue weighted by Gasteiger charge is 2.24. The molecule has 1 amide bonds.